The predicted molar refractivity (Wildman–Crippen MR) is 36.3 cm³/mol. The minimum absolute atomic E-state index is 0.0633. The maximum atomic E-state index is 9.19. The topological polar surface area (TPSA) is 49.7 Å². The third-order valence-corrected chi connectivity index (χ3v) is 1.95. The monoisotopic (exact) mass is 146 g/mol. The van der Waals surface area contributed by atoms with Gasteiger partial charge in [0, 0.05) is 0 Å². The van der Waals surface area contributed by atoms with Crippen LogP contribution in [-0.4, -0.2) is 28.7 Å². The fourth-order valence-electron chi connectivity index (χ4n) is 1.32. The highest BCUT2D eigenvalue weighted by Gasteiger charge is 2.31. The van der Waals surface area contributed by atoms with E-state index in [4.69, 9.17) is 9.84 Å². The summed E-state index contributed by atoms with van der Waals surface area (Å²) in [7, 11) is 0. The van der Waals surface area contributed by atoms with E-state index in [2.05, 4.69) is 0 Å². The summed E-state index contributed by atoms with van der Waals surface area (Å²) in [5, 5.41) is 18.2. The van der Waals surface area contributed by atoms with Crippen LogP contribution in [-0.2, 0) is 4.74 Å². The van der Waals surface area contributed by atoms with Crippen LogP contribution < -0.4 is 0 Å². The zero-order valence-corrected chi connectivity index (χ0v) is 6.32. The molecule has 1 aliphatic heterocycles. The van der Waals surface area contributed by atoms with Crippen LogP contribution in [0.25, 0.3) is 0 Å². The van der Waals surface area contributed by atoms with Gasteiger partial charge in [-0.25, -0.2) is 0 Å². The van der Waals surface area contributed by atoms with Gasteiger partial charge in [-0.05, 0) is 19.3 Å². The highest BCUT2D eigenvalue weighted by atomic mass is 16.6. The van der Waals surface area contributed by atoms with Crippen molar-refractivity contribution >= 4 is 0 Å². The van der Waals surface area contributed by atoms with Crippen LogP contribution in [0.4, 0.5) is 0 Å². The molecule has 1 saturated heterocycles. The smallest absolute Gasteiger partial charge is 0.181 e. The lowest BCUT2D eigenvalue weighted by Gasteiger charge is -2.33. The molecule has 0 saturated carbocycles. The summed E-state index contributed by atoms with van der Waals surface area (Å²) in [6.45, 7) is 3.80. The summed E-state index contributed by atoms with van der Waals surface area (Å²) >= 11 is 0. The molecule has 0 aromatic carbocycles. The molecule has 0 aromatic rings. The molecule has 1 rings (SSSR count). The molecule has 0 radical (unpaired) electrons. The number of hydrogen-bond donors (Lipinski definition) is 2. The van der Waals surface area contributed by atoms with Gasteiger partial charge in [0.25, 0.3) is 0 Å². The average molecular weight is 146 g/mol. The van der Waals surface area contributed by atoms with Gasteiger partial charge in [-0.2, -0.15) is 0 Å². The first-order valence-corrected chi connectivity index (χ1v) is 3.63. The van der Waals surface area contributed by atoms with Crippen LogP contribution in [0.1, 0.15) is 20.3 Å². The SMILES string of the molecule is CC1CC(C)C(O)C(O)O1. The fourth-order valence-corrected chi connectivity index (χ4v) is 1.32. The fraction of sp³-hybridized carbons (Fsp3) is 1.00. The number of aliphatic hydroxyl groups excluding tert-OH is 2. The molecule has 60 valence electrons. The van der Waals surface area contributed by atoms with Crippen molar-refractivity contribution in [3.63, 3.8) is 0 Å². The molecule has 4 atom stereocenters. The van der Waals surface area contributed by atoms with Gasteiger partial charge in [-0.15, -0.1) is 0 Å². The summed E-state index contributed by atoms with van der Waals surface area (Å²) in [4.78, 5) is 0. The molecular weight excluding hydrogens is 132 g/mol. The molecule has 4 unspecified atom stereocenters. The van der Waals surface area contributed by atoms with E-state index in [1.807, 2.05) is 13.8 Å². The van der Waals surface area contributed by atoms with Gasteiger partial charge in [-0.1, -0.05) is 6.92 Å². The van der Waals surface area contributed by atoms with E-state index < -0.39 is 12.4 Å². The second kappa shape index (κ2) is 2.86. The Morgan fingerprint density at radius 2 is 1.90 bits per heavy atom. The lowest BCUT2D eigenvalue weighted by atomic mass is 9.95. The molecule has 1 aliphatic rings. The molecule has 3 nitrogen and oxygen atoms in total. The molecule has 0 aliphatic carbocycles. The Balaban J connectivity index is 2.49. The molecule has 2 N–H and O–H groups in total. The van der Waals surface area contributed by atoms with Crippen molar-refractivity contribution in [2.45, 2.75) is 38.8 Å². The second-order valence-electron chi connectivity index (χ2n) is 3.04. The Kier molecular flexibility index (Phi) is 2.28. The summed E-state index contributed by atoms with van der Waals surface area (Å²) in [5.74, 6) is 0.138. The van der Waals surface area contributed by atoms with Crippen LogP contribution in [0.2, 0.25) is 0 Å². The Morgan fingerprint density at radius 1 is 1.30 bits per heavy atom. The Morgan fingerprint density at radius 3 is 2.40 bits per heavy atom. The van der Waals surface area contributed by atoms with Gasteiger partial charge < -0.3 is 14.9 Å². The van der Waals surface area contributed by atoms with E-state index in [1.54, 1.807) is 0 Å². The van der Waals surface area contributed by atoms with Gasteiger partial charge in [0.05, 0.1) is 6.10 Å². The van der Waals surface area contributed by atoms with Crippen LogP contribution in [0, 0.1) is 5.92 Å². The first kappa shape index (κ1) is 7.98. The number of rotatable bonds is 0. The number of ether oxygens (including phenoxy) is 1. The summed E-state index contributed by atoms with van der Waals surface area (Å²) in [6, 6.07) is 0. The predicted octanol–water partition coefficient (Wildman–Crippen LogP) is 0.111. The normalized spacial score (nSPS) is 49.2. The molecule has 0 spiro atoms. The van der Waals surface area contributed by atoms with Crippen molar-refractivity contribution in [2.24, 2.45) is 5.92 Å². The third kappa shape index (κ3) is 1.48. The van der Waals surface area contributed by atoms with Crippen LogP contribution >= 0.6 is 0 Å². The van der Waals surface area contributed by atoms with Crippen molar-refractivity contribution in [1.29, 1.82) is 0 Å². The molecule has 0 amide bonds. The highest BCUT2D eigenvalue weighted by Crippen LogP contribution is 2.23. The van der Waals surface area contributed by atoms with Crippen molar-refractivity contribution in [2.75, 3.05) is 0 Å². The van der Waals surface area contributed by atoms with Crippen LogP contribution in [0.5, 0.6) is 0 Å². The van der Waals surface area contributed by atoms with Crippen molar-refractivity contribution in [1.82, 2.24) is 0 Å². The first-order chi connectivity index (χ1) is 4.61. The minimum Gasteiger partial charge on any atom is -0.388 e. The quantitative estimate of drug-likeness (QED) is 0.510. The summed E-state index contributed by atoms with van der Waals surface area (Å²) in [5.41, 5.74) is 0. The van der Waals surface area contributed by atoms with E-state index in [1.165, 1.54) is 0 Å². The van der Waals surface area contributed by atoms with E-state index in [9.17, 15) is 5.11 Å². The molecule has 10 heavy (non-hydrogen) atoms. The lowest BCUT2D eigenvalue weighted by molar-refractivity contribution is -0.227. The zero-order valence-electron chi connectivity index (χ0n) is 6.32. The molecule has 0 bridgehead atoms. The number of hydrogen-bond acceptors (Lipinski definition) is 3. The maximum absolute atomic E-state index is 9.19. The van der Waals surface area contributed by atoms with Crippen LogP contribution in [0.15, 0.2) is 0 Å². The maximum Gasteiger partial charge on any atom is 0.181 e. The second-order valence-corrected chi connectivity index (χ2v) is 3.04. The van der Waals surface area contributed by atoms with Gasteiger partial charge >= 0.3 is 0 Å². The highest BCUT2D eigenvalue weighted by molar-refractivity contribution is 4.75. The standard InChI is InChI=1S/C7H14O3/c1-4-3-5(2)10-7(9)6(4)8/h4-9H,3H2,1-2H3. The molecule has 3 heteroatoms. The van der Waals surface area contributed by atoms with E-state index in [0.717, 1.165) is 6.42 Å². The zero-order chi connectivity index (χ0) is 7.72. The Labute approximate surface area is 60.6 Å². The lowest BCUT2D eigenvalue weighted by Crippen LogP contribution is -2.42. The van der Waals surface area contributed by atoms with Crippen molar-refractivity contribution < 1.29 is 14.9 Å². The van der Waals surface area contributed by atoms with Crippen molar-refractivity contribution in [3.05, 3.63) is 0 Å². The van der Waals surface area contributed by atoms with Gasteiger partial charge in [0.2, 0.25) is 0 Å². The molecule has 1 heterocycles. The molecular formula is C7H14O3. The number of aliphatic hydroxyl groups is 2. The largest absolute Gasteiger partial charge is 0.388 e. The van der Waals surface area contributed by atoms with Gasteiger partial charge in [0.1, 0.15) is 6.10 Å². The van der Waals surface area contributed by atoms with E-state index >= 15 is 0 Å². The van der Waals surface area contributed by atoms with Gasteiger partial charge in [0.15, 0.2) is 6.29 Å². The van der Waals surface area contributed by atoms with Gasteiger partial charge in [-0.3, -0.25) is 0 Å². The third-order valence-electron chi connectivity index (χ3n) is 1.95. The van der Waals surface area contributed by atoms with E-state index in [0.29, 0.717) is 0 Å². The van der Waals surface area contributed by atoms with Crippen molar-refractivity contribution in [3.8, 4) is 0 Å². The first-order valence-electron chi connectivity index (χ1n) is 3.63. The summed E-state index contributed by atoms with van der Waals surface area (Å²) < 4.78 is 4.97. The minimum atomic E-state index is -0.987. The summed E-state index contributed by atoms with van der Waals surface area (Å²) in [6.07, 6.45) is -0.818. The van der Waals surface area contributed by atoms with Crippen LogP contribution in [0.3, 0.4) is 0 Å². The molecule has 1 fully saturated rings. The molecule has 0 aromatic heterocycles. The Hall–Kier alpha value is -0.120. The van der Waals surface area contributed by atoms with E-state index in [-0.39, 0.29) is 12.0 Å². The average Bonchev–Trinajstić information content (AvgIpc) is 1.82. The Bertz CT molecular complexity index is 103.